The Morgan fingerprint density at radius 2 is 1.66 bits per heavy atom. The molecule has 2 aromatic carbocycles. The summed E-state index contributed by atoms with van der Waals surface area (Å²) >= 11 is 3.04. The molecule has 0 aliphatic carbocycles. The van der Waals surface area contributed by atoms with Crippen molar-refractivity contribution in [2.45, 2.75) is 25.4 Å². The van der Waals surface area contributed by atoms with Gasteiger partial charge in [-0.2, -0.15) is 18.4 Å². The van der Waals surface area contributed by atoms with E-state index in [0.29, 0.717) is 24.0 Å². The number of aromatic amines is 1. The summed E-state index contributed by atoms with van der Waals surface area (Å²) < 4.78 is 87.4. The molecule has 0 radical (unpaired) electrons. The standard InChI is InChI=1S/C19H11BrF6N4O2/c20-12-7-9(4-6-13(12)32-19(24,25)26)1-2-10-3-5-11-14(8-10)31-16(15(11)18(21,22)23)17-27-29-30-28-17/h3-8H,1-2H2,(H,27,28,29,30). The van der Waals surface area contributed by atoms with Gasteiger partial charge in [-0.05, 0) is 63.3 Å². The van der Waals surface area contributed by atoms with Gasteiger partial charge in [0.05, 0.1) is 4.47 Å². The number of rotatable bonds is 5. The lowest BCUT2D eigenvalue weighted by Crippen LogP contribution is -2.17. The van der Waals surface area contributed by atoms with Crippen LogP contribution in [0.4, 0.5) is 26.3 Å². The number of H-pyrrole nitrogens is 1. The number of tetrazole rings is 1. The molecule has 0 spiro atoms. The van der Waals surface area contributed by atoms with E-state index in [-0.39, 0.29) is 27.0 Å². The number of furan rings is 1. The molecule has 32 heavy (non-hydrogen) atoms. The van der Waals surface area contributed by atoms with Crippen LogP contribution in [0.5, 0.6) is 5.75 Å². The van der Waals surface area contributed by atoms with Gasteiger partial charge < -0.3 is 9.15 Å². The summed E-state index contributed by atoms with van der Waals surface area (Å²) in [6, 6.07) is 8.47. The highest BCUT2D eigenvalue weighted by Crippen LogP contribution is 2.43. The molecule has 0 unspecified atom stereocenters. The molecule has 6 nitrogen and oxygen atoms in total. The van der Waals surface area contributed by atoms with Crippen molar-refractivity contribution in [2.24, 2.45) is 0 Å². The second kappa shape index (κ2) is 8.11. The summed E-state index contributed by atoms with van der Waals surface area (Å²) in [6.45, 7) is 0. The van der Waals surface area contributed by atoms with Crippen molar-refractivity contribution < 1.29 is 35.5 Å². The molecule has 168 valence electrons. The number of alkyl halides is 6. The third-order valence-electron chi connectivity index (χ3n) is 4.51. The van der Waals surface area contributed by atoms with Crippen molar-refractivity contribution in [1.82, 2.24) is 20.6 Å². The molecular formula is C19H11BrF6N4O2. The van der Waals surface area contributed by atoms with Crippen molar-refractivity contribution in [1.29, 1.82) is 0 Å². The Hall–Kier alpha value is -3.09. The molecule has 1 N–H and O–H groups in total. The monoisotopic (exact) mass is 520 g/mol. The first-order valence-corrected chi connectivity index (χ1v) is 9.71. The van der Waals surface area contributed by atoms with E-state index < -0.39 is 23.9 Å². The molecule has 13 heteroatoms. The first kappa shape index (κ1) is 22.1. The Morgan fingerprint density at radius 1 is 0.969 bits per heavy atom. The van der Waals surface area contributed by atoms with Gasteiger partial charge in [0.1, 0.15) is 16.9 Å². The largest absolute Gasteiger partial charge is 0.573 e. The second-order valence-electron chi connectivity index (χ2n) is 6.68. The molecule has 0 aliphatic heterocycles. The summed E-state index contributed by atoms with van der Waals surface area (Å²) in [5.41, 5.74) is 0.384. The Kier molecular flexibility index (Phi) is 5.61. The molecule has 4 rings (SSSR count). The van der Waals surface area contributed by atoms with Gasteiger partial charge in [-0.3, -0.25) is 0 Å². The third-order valence-corrected chi connectivity index (χ3v) is 5.13. The predicted octanol–water partition coefficient (Wildman–Crippen LogP) is 6.08. The Labute approximate surface area is 183 Å². The van der Waals surface area contributed by atoms with Crippen molar-refractivity contribution in [3.63, 3.8) is 0 Å². The van der Waals surface area contributed by atoms with Gasteiger partial charge in [0.15, 0.2) is 5.76 Å². The fraction of sp³-hybridized carbons (Fsp3) is 0.211. The van der Waals surface area contributed by atoms with E-state index in [1.54, 1.807) is 0 Å². The van der Waals surface area contributed by atoms with E-state index in [0.717, 1.165) is 0 Å². The summed E-state index contributed by atoms with van der Waals surface area (Å²) in [7, 11) is 0. The van der Waals surface area contributed by atoms with E-state index in [1.807, 2.05) is 0 Å². The maximum absolute atomic E-state index is 13.6. The highest BCUT2D eigenvalue weighted by atomic mass is 79.9. The van der Waals surface area contributed by atoms with Crippen LogP contribution in [0.1, 0.15) is 16.7 Å². The Balaban J connectivity index is 1.58. The van der Waals surface area contributed by atoms with Gasteiger partial charge in [0.2, 0.25) is 5.82 Å². The fourth-order valence-corrected chi connectivity index (χ4v) is 3.70. The lowest BCUT2D eigenvalue weighted by molar-refractivity contribution is -0.274. The minimum atomic E-state index is -4.81. The molecule has 0 fully saturated rings. The number of nitrogens with one attached hydrogen (secondary N) is 1. The van der Waals surface area contributed by atoms with E-state index in [4.69, 9.17) is 4.42 Å². The number of aryl methyl sites for hydroxylation is 2. The van der Waals surface area contributed by atoms with Crippen LogP contribution in [-0.2, 0) is 19.0 Å². The fourth-order valence-electron chi connectivity index (χ4n) is 3.19. The van der Waals surface area contributed by atoms with Gasteiger partial charge >= 0.3 is 12.5 Å². The van der Waals surface area contributed by atoms with Crippen molar-refractivity contribution in [3.05, 3.63) is 57.6 Å². The summed E-state index contributed by atoms with van der Waals surface area (Å²) in [5, 5.41) is 12.3. The van der Waals surface area contributed by atoms with Crippen LogP contribution >= 0.6 is 15.9 Å². The van der Waals surface area contributed by atoms with Gasteiger partial charge in [0.25, 0.3) is 0 Å². The molecule has 0 saturated carbocycles. The Morgan fingerprint density at radius 3 is 2.25 bits per heavy atom. The summed E-state index contributed by atoms with van der Waals surface area (Å²) in [6.07, 6.45) is -8.68. The molecule has 2 aromatic heterocycles. The van der Waals surface area contributed by atoms with Crippen LogP contribution in [-0.4, -0.2) is 27.0 Å². The zero-order valence-corrected chi connectivity index (χ0v) is 17.3. The van der Waals surface area contributed by atoms with Crippen LogP contribution in [0.15, 0.2) is 45.3 Å². The summed E-state index contributed by atoms with van der Waals surface area (Å²) in [5.74, 6) is -1.23. The minimum Gasteiger partial charge on any atom is -0.452 e. The number of ether oxygens (including phenoxy) is 1. The molecule has 2 heterocycles. The SMILES string of the molecule is FC(F)(F)Oc1ccc(CCc2ccc3c(C(F)(F)F)c(-c4nn[nH]n4)oc3c2)cc1Br. The lowest BCUT2D eigenvalue weighted by Gasteiger charge is -2.11. The Bertz CT molecular complexity index is 1250. The average molecular weight is 521 g/mol. The van der Waals surface area contributed by atoms with E-state index in [2.05, 4.69) is 41.3 Å². The topological polar surface area (TPSA) is 76.8 Å². The summed E-state index contributed by atoms with van der Waals surface area (Å²) in [4.78, 5) is 0. The number of hydrogen-bond acceptors (Lipinski definition) is 5. The molecule has 0 aliphatic rings. The smallest absolute Gasteiger partial charge is 0.452 e. The van der Waals surface area contributed by atoms with Crippen LogP contribution in [0.2, 0.25) is 0 Å². The predicted molar refractivity (Wildman–Crippen MR) is 103 cm³/mol. The zero-order valence-electron chi connectivity index (χ0n) is 15.7. The van der Waals surface area contributed by atoms with E-state index in [1.165, 1.54) is 36.4 Å². The van der Waals surface area contributed by atoms with Crippen LogP contribution in [0.3, 0.4) is 0 Å². The van der Waals surface area contributed by atoms with Gasteiger partial charge in [-0.25, -0.2) is 0 Å². The maximum atomic E-state index is 13.6. The van der Waals surface area contributed by atoms with Crippen molar-refractivity contribution >= 4 is 26.9 Å². The number of hydrogen-bond donors (Lipinski definition) is 1. The lowest BCUT2D eigenvalue weighted by atomic mass is 10.0. The highest BCUT2D eigenvalue weighted by Gasteiger charge is 2.40. The van der Waals surface area contributed by atoms with Crippen LogP contribution in [0, 0.1) is 0 Å². The molecule has 0 atom stereocenters. The molecule has 4 aromatic rings. The van der Waals surface area contributed by atoms with Crippen LogP contribution in [0.25, 0.3) is 22.6 Å². The molecule has 0 bridgehead atoms. The van der Waals surface area contributed by atoms with Crippen molar-refractivity contribution in [3.8, 4) is 17.3 Å². The van der Waals surface area contributed by atoms with E-state index in [9.17, 15) is 26.3 Å². The number of halogens is 7. The number of aromatic nitrogens is 4. The van der Waals surface area contributed by atoms with Gasteiger partial charge in [0, 0.05) is 5.39 Å². The minimum absolute atomic E-state index is 0.00438. The zero-order chi connectivity index (χ0) is 23.1. The highest BCUT2D eigenvalue weighted by molar-refractivity contribution is 9.10. The quantitative estimate of drug-likeness (QED) is 0.323. The second-order valence-corrected chi connectivity index (χ2v) is 7.54. The maximum Gasteiger partial charge on any atom is 0.573 e. The molecule has 0 saturated heterocycles. The molecular weight excluding hydrogens is 510 g/mol. The number of nitrogens with zero attached hydrogens (tertiary/aromatic N) is 3. The van der Waals surface area contributed by atoms with Crippen LogP contribution < -0.4 is 4.74 Å². The number of benzene rings is 2. The first-order valence-electron chi connectivity index (χ1n) is 8.92. The first-order chi connectivity index (χ1) is 15.0. The third kappa shape index (κ3) is 4.71. The normalized spacial score (nSPS) is 12.5. The number of fused-ring (bicyclic) bond motifs is 1. The van der Waals surface area contributed by atoms with Crippen molar-refractivity contribution in [2.75, 3.05) is 0 Å². The average Bonchev–Trinajstić information content (AvgIpc) is 3.33. The van der Waals surface area contributed by atoms with Gasteiger partial charge in [-0.1, -0.05) is 18.2 Å². The van der Waals surface area contributed by atoms with Gasteiger partial charge in [-0.15, -0.1) is 23.4 Å². The van der Waals surface area contributed by atoms with E-state index >= 15 is 0 Å². The molecule has 0 amide bonds.